The SMILES string of the molecule is CN1c2cc(O)ccc2CC1CN. The van der Waals surface area contributed by atoms with Crippen molar-refractivity contribution in [1.29, 1.82) is 0 Å². The summed E-state index contributed by atoms with van der Waals surface area (Å²) >= 11 is 0. The lowest BCUT2D eigenvalue weighted by atomic mass is 10.1. The van der Waals surface area contributed by atoms with Crippen LogP contribution in [-0.2, 0) is 6.42 Å². The number of likely N-dealkylation sites (N-methyl/N-ethyl adjacent to an activating group) is 1. The molecule has 0 amide bonds. The summed E-state index contributed by atoms with van der Waals surface area (Å²) in [5, 5.41) is 9.32. The van der Waals surface area contributed by atoms with Crippen LogP contribution in [0.5, 0.6) is 5.75 Å². The normalized spacial score (nSPS) is 20.5. The molecule has 2 rings (SSSR count). The van der Waals surface area contributed by atoms with Crippen molar-refractivity contribution in [3.05, 3.63) is 23.8 Å². The van der Waals surface area contributed by atoms with Gasteiger partial charge in [0.1, 0.15) is 5.75 Å². The van der Waals surface area contributed by atoms with E-state index in [1.165, 1.54) is 5.56 Å². The second-order valence-electron chi connectivity index (χ2n) is 3.52. The number of fused-ring (bicyclic) bond motifs is 1. The third-order valence-corrected chi connectivity index (χ3v) is 2.72. The number of hydrogen-bond donors (Lipinski definition) is 2. The van der Waals surface area contributed by atoms with Gasteiger partial charge in [-0.25, -0.2) is 0 Å². The topological polar surface area (TPSA) is 49.5 Å². The predicted molar refractivity (Wildman–Crippen MR) is 53.1 cm³/mol. The lowest BCUT2D eigenvalue weighted by Gasteiger charge is -2.20. The number of nitrogens with zero attached hydrogens (tertiary/aromatic N) is 1. The van der Waals surface area contributed by atoms with Gasteiger partial charge in [-0.15, -0.1) is 0 Å². The second-order valence-corrected chi connectivity index (χ2v) is 3.52. The Morgan fingerprint density at radius 3 is 3.08 bits per heavy atom. The third kappa shape index (κ3) is 1.25. The van der Waals surface area contributed by atoms with Gasteiger partial charge >= 0.3 is 0 Å². The highest BCUT2D eigenvalue weighted by Gasteiger charge is 2.24. The van der Waals surface area contributed by atoms with Crippen LogP contribution in [0.25, 0.3) is 0 Å². The first-order valence-corrected chi connectivity index (χ1v) is 4.47. The molecule has 3 heteroatoms. The summed E-state index contributed by atoms with van der Waals surface area (Å²) in [4.78, 5) is 2.13. The van der Waals surface area contributed by atoms with Gasteiger partial charge in [-0.2, -0.15) is 0 Å². The van der Waals surface area contributed by atoms with Crippen LogP contribution in [0.3, 0.4) is 0 Å². The van der Waals surface area contributed by atoms with E-state index in [2.05, 4.69) is 4.90 Å². The Balaban J connectivity index is 2.39. The lowest BCUT2D eigenvalue weighted by molar-refractivity contribution is 0.475. The first-order valence-electron chi connectivity index (χ1n) is 4.47. The molecule has 3 N–H and O–H groups in total. The fourth-order valence-electron chi connectivity index (χ4n) is 1.88. The quantitative estimate of drug-likeness (QED) is 0.666. The van der Waals surface area contributed by atoms with Gasteiger partial charge in [0.15, 0.2) is 0 Å². The minimum absolute atomic E-state index is 0.322. The molecular weight excluding hydrogens is 164 g/mol. The van der Waals surface area contributed by atoms with Crippen molar-refractivity contribution in [3.8, 4) is 5.75 Å². The van der Waals surface area contributed by atoms with Crippen molar-refractivity contribution in [1.82, 2.24) is 0 Å². The summed E-state index contributed by atoms with van der Waals surface area (Å²) in [7, 11) is 2.02. The Labute approximate surface area is 77.8 Å². The molecule has 1 aromatic rings. The van der Waals surface area contributed by atoms with Crippen LogP contribution >= 0.6 is 0 Å². The van der Waals surface area contributed by atoms with Crippen LogP contribution in [0.1, 0.15) is 5.56 Å². The van der Waals surface area contributed by atoms with Crippen molar-refractivity contribution in [2.45, 2.75) is 12.5 Å². The minimum Gasteiger partial charge on any atom is -0.508 e. The van der Waals surface area contributed by atoms with E-state index in [-0.39, 0.29) is 0 Å². The van der Waals surface area contributed by atoms with Gasteiger partial charge in [0.2, 0.25) is 0 Å². The molecule has 13 heavy (non-hydrogen) atoms. The van der Waals surface area contributed by atoms with Crippen LogP contribution in [0.4, 0.5) is 5.69 Å². The molecule has 3 nitrogen and oxygen atoms in total. The van der Waals surface area contributed by atoms with Gasteiger partial charge in [-0.3, -0.25) is 0 Å². The zero-order valence-electron chi connectivity index (χ0n) is 7.70. The molecule has 0 radical (unpaired) electrons. The molecule has 0 fully saturated rings. The van der Waals surface area contributed by atoms with Crippen LogP contribution < -0.4 is 10.6 Å². The van der Waals surface area contributed by atoms with Gasteiger partial charge in [0.25, 0.3) is 0 Å². The first kappa shape index (κ1) is 8.38. The van der Waals surface area contributed by atoms with Crippen LogP contribution in [-0.4, -0.2) is 24.7 Å². The summed E-state index contributed by atoms with van der Waals surface area (Å²) < 4.78 is 0. The Bertz CT molecular complexity index is 325. The largest absolute Gasteiger partial charge is 0.508 e. The predicted octanol–water partition coefficient (Wildman–Crippen LogP) is 0.712. The zero-order valence-corrected chi connectivity index (χ0v) is 7.70. The number of nitrogens with two attached hydrogens (primary N) is 1. The van der Waals surface area contributed by atoms with Crippen LogP contribution in [0, 0.1) is 0 Å². The molecule has 1 aliphatic rings. The maximum absolute atomic E-state index is 9.32. The number of hydrogen-bond acceptors (Lipinski definition) is 3. The van der Waals surface area contributed by atoms with Crippen molar-refractivity contribution in [3.63, 3.8) is 0 Å². The molecule has 1 heterocycles. The molecular formula is C10H14N2O. The Morgan fingerprint density at radius 1 is 1.62 bits per heavy atom. The number of phenols is 1. The fraction of sp³-hybridized carbons (Fsp3) is 0.400. The molecule has 1 aliphatic heterocycles. The number of phenolic OH excluding ortho intramolecular Hbond substituents is 1. The maximum atomic E-state index is 9.32. The zero-order chi connectivity index (χ0) is 9.42. The van der Waals surface area contributed by atoms with Gasteiger partial charge in [0, 0.05) is 31.4 Å². The van der Waals surface area contributed by atoms with Gasteiger partial charge in [0.05, 0.1) is 0 Å². The van der Waals surface area contributed by atoms with E-state index in [0.717, 1.165) is 12.1 Å². The van der Waals surface area contributed by atoms with Crippen LogP contribution in [0.15, 0.2) is 18.2 Å². The van der Waals surface area contributed by atoms with E-state index in [1.54, 1.807) is 12.1 Å². The van der Waals surface area contributed by atoms with Crippen LogP contribution in [0.2, 0.25) is 0 Å². The van der Waals surface area contributed by atoms with E-state index in [4.69, 9.17) is 5.73 Å². The summed E-state index contributed by atoms with van der Waals surface area (Å²) in [5.74, 6) is 0.322. The monoisotopic (exact) mass is 178 g/mol. The first-order chi connectivity index (χ1) is 6.22. The molecule has 0 saturated heterocycles. The molecule has 1 atom stereocenters. The highest BCUT2D eigenvalue weighted by molar-refractivity contribution is 5.61. The third-order valence-electron chi connectivity index (χ3n) is 2.72. The average molecular weight is 178 g/mol. The Morgan fingerprint density at radius 2 is 2.38 bits per heavy atom. The van der Waals surface area contributed by atoms with Crippen molar-refractivity contribution < 1.29 is 5.11 Å². The van der Waals surface area contributed by atoms with Crippen molar-refractivity contribution in [2.75, 3.05) is 18.5 Å². The van der Waals surface area contributed by atoms with E-state index in [1.807, 2.05) is 13.1 Å². The second kappa shape index (κ2) is 2.92. The van der Waals surface area contributed by atoms with Gasteiger partial charge < -0.3 is 15.7 Å². The Kier molecular flexibility index (Phi) is 1.88. The number of benzene rings is 1. The highest BCUT2D eigenvalue weighted by atomic mass is 16.3. The molecule has 0 spiro atoms. The van der Waals surface area contributed by atoms with E-state index in [9.17, 15) is 5.11 Å². The summed E-state index contributed by atoms with van der Waals surface area (Å²) in [6.45, 7) is 0.659. The van der Waals surface area contributed by atoms with Gasteiger partial charge in [-0.1, -0.05) is 6.07 Å². The summed E-state index contributed by atoms with van der Waals surface area (Å²) in [6, 6.07) is 5.88. The van der Waals surface area contributed by atoms with E-state index in [0.29, 0.717) is 18.3 Å². The molecule has 0 aromatic heterocycles. The number of anilines is 1. The van der Waals surface area contributed by atoms with Crippen molar-refractivity contribution in [2.24, 2.45) is 5.73 Å². The molecule has 70 valence electrons. The molecule has 0 bridgehead atoms. The lowest BCUT2D eigenvalue weighted by Crippen LogP contribution is -2.34. The summed E-state index contributed by atoms with van der Waals surface area (Å²) in [6.07, 6.45) is 0.989. The average Bonchev–Trinajstić information content (AvgIpc) is 2.44. The molecule has 0 saturated carbocycles. The summed E-state index contributed by atoms with van der Waals surface area (Å²) in [5.41, 5.74) is 8.02. The molecule has 1 unspecified atom stereocenters. The molecule has 0 aliphatic carbocycles. The Hall–Kier alpha value is -1.22. The smallest absolute Gasteiger partial charge is 0.117 e. The van der Waals surface area contributed by atoms with Crippen molar-refractivity contribution >= 4 is 5.69 Å². The molecule has 1 aromatic carbocycles. The highest BCUT2D eigenvalue weighted by Crippen LogP contribution is 2.32. The maximum Gasteiger partial charge on any atom is 0.117 e. The van der Waals surface area contributed by atoms with E-state index >= 15 is 0 Å². The van der Waals surface area contributed by atoms with Gasteiger partial charge in [-0.05, 0) is 18.1 Å². The number of aromatic hydroxyl groups is 1. The standard InChI is InChI=1S/C10H14N2O/c1-12-8(6-11)4-7-2-3-9(13)5-10(7)12/h2-3,5,8,13H,4,6,11H2,1H3. The fourth-order valence-corrected chi connectivity index (χ4v) is 1.88. The van der Waals surface area contributed by atoms with E-state index < -0.39 is 0 Å². The number of rotatable bonds is 1. The minimum atomic E-state index is 0.322.